The molecule has 0 unspecified atom stereocenters. The van der Waals surface area contributed by atoms with Crippen LogP contribution in [-0.2, 0) is 28.7 Å². The molecule has 0 spiro atoms. The van der Waals surface area contributed by atoms with E-state index in [2.05, 4.69) is 17.6 Å². The number of guanidine groups is 1. The maximum atomic E-state index is 12.1. The molecule has 0 aromatic heterocycles. The number of carboxylic acid groups (broad SMARTS) is 3. The number of aliphatic carboxylic acids is 3. The highest BCUT2D eigenvalue weighted by atomic mass is 16.5. The minimum atomic E-state index is -2.74. The van der Waals surface area contributed by atoms with Gasteiger partial charge in [0.2, 0.25) is 5.91 Å². The van der Waals surface area contributed by atoms with Crippen LogP contribution in [0, 0.1) is 5.41 Å². The largest absolute Gasteiger partial charge is 0.481 e. The SMILES string of the molecule is CCCCCCCCCCCC(=O)N[C@@H](CCCNC(=N)N)C(=O)OCC.O=C(O)CC(O)(CC(=O)O)C(=O)O. The number of ether oxygens (including phenoxy) is 1. The molecule has 0 radical (unpaired) electrons. The van der Waals surface area contributed by atoms with E-state index < -0.39 is 48.4 Å². The number of carbonyl (C=O) groups excluding carboxylic acids is 2. The highest BCUT2D eigenvalue weighted by molar-refractivity contribution is 5.88. The summed E-state index contributed by atoms with van der Waals surface area (Å²) in [6.45, 7) is 4.74. The van der Waals surface area contributed by atoms with Gasteiger partial charge in [-0.25, -0.2) is 9.59 Å². The Kier molecular flexibility index (Phi) is 22.7. The van der Waals surface area contributed by atoms with Crippen molar-refractivity contribution in [1.82, 2.24) is 10.6 Å². The van der Waals surface area contributed by atoms with Crippen molar-refractivity contribution in [2.45, 2.75) is 115 Å². The van der Waals surface area contributed by atoms with Crippen LogP contribution in [0.5, 0.6) is 0 Å². The van der Waals surface area contributed by atoms with Crippen molar-refractivity contribution >= 4 is 35.7 Å². The zero-order valence-electron chi connectivity index (χ0n) is 23.7. The minimum absolute atomic E-state index is 0.0999. The molecule has 0 aliphatic heterocycles. The summed E-state index contributed by atoms with van der Waals surface area (Å²) in [4.78, 5) is 54.6. The van der Waals surface area contributed by atoms with Crippen LogP contribution in [-0.4, -0.2) is 81.0 Å². The molecular weight excluding hydrogens is 528 g/mol. The van der Waals surface area contributed by atoms with Crippen molar-refractivity contribution < 1.29 is 49.1 Å². The van der Waals surface area contributed by atoms with E-state index in [1.165, 1.54) is 38.5 Å². The molecule has 0 aliphatic rings. The number of carboxylic acids is 3. The molecule has 1 atom stereocenters. The molecule has 0 fully saturated rings. The van der Waals surface area contributed by atoms with Crippen molar-refractivity contribution in [2.75, 3.05) is 13.2 Å². The van der Waals surface area contributed by atoms with E-state index in [0.29, 0.717) is 25.8 Å². The molecule has 0 aromatic rings. The Morgan fingerprint density at radius 2 is 1.35 bits per heavy atom. The van der Waals surface area contributed by atoms with Crippen LogP contribution in [0.1, 0.15) is 104 Å². The number of nitrogens with one attached hydrogen (secondary N) is 3. The molecule has 0 saturated carbocycles. The smallest absolute Gasteiger partial charge is 0.336 e. The highest BCUT2D eigenvalue weighted by Gasteiger charge is 2.40. The molecule has 14 heteroatoms. The van der Waals surface area contributed by atoms with Crippen molar-refractivity contribution in [3.8, 4) is 0 Å². The molecule has 14 nitrogen and oxygen atoms in total. The zero-order valence-corrected chi connectivity index (χ0v) is 23.7. The summed E-state index contributed by atoms with van der Waals surface area (Å²) in [5.74, 6) is -5.62. The van der Waals surface area contributed by atoms with Crippen LogP contribution in [0.2, 0.25) is 0 Å². The number of carbonyl (C=O) groups is 5. The number of unbranched alkanes of at least 4 members (excludes halogenated alkanes) is 8. The second-order valence-corrected chi connectivity index (χ2v) is 9.41. The molecular formula is C26H48N4O10. The fourth-order valence-corrected chi connectivity index (χ4v) is 3.60. The summed E-state index contributed by atoms with van der Waals surface area (Å²) >= 11 is 0. The monoisotopic (exact) mass is 576 g/mol. The Labute approximate surface area is 235 Å². The normalized spacial score (nSPS) is 11.4. The number of amides is 1. The van der Waals surface area contributed by atoms with Gasteiger partial charge in [-0.15, -0.1) is 0 Å². The Bertz CT molecular complexity index is 775. The summed E-state index contributed by atoms with van der Waals surface area (Å²) < 4.78 is 5.04. The summed E-state index contributed by atoms with van der Waals surface area (Å²) in [7, 11) is 0. The molecule has 0 saturated heterocycles. The Balaban J connectivity index is 0. The minimum Gasteiger partial charge on any atom is -0.481 e. The maximum absolute atomic E-state index is 12.1. The Hall–Kier alpha value is -3.42. The van der Waals surface area contributed by atoms with E-state index in [9.17, 15) is 24.0 Å². The van der Waals surface area contributed by atoms with Crippen molar-refractivity contribution in [2.24, 2.45) is 5.73 Å². The average molecular weight is 577 g/mol. The van der Waals surface area contributed by atoms with Gasteiger partial charge in [-0.3, -0.25) is 19.8 Å². The first-order valence-electron chi connectivity index (χ1n) is 13.7. The van der Waals surface area contributed by atoms with Gasteiger partial charge in [0.25, 0.3) is 0 Å². The first kappa shape index (κ1) is 38.7. The van der Waals surface area contributed by atoms with Gasteiger partial charge in [-0.2, -0.15) is 0 Å². The van der Waals surface area contributed by atoms with E-state index in [-0.39, 0.29) is 18.5 Å². The number of hydrogen-bond donors (Lipinski definition) is 8. The Morgan fingerprint density at radius 3 is 1.77 bits per heavy atom. The predicted octanol–water partition coefficient (Wildman–Crippen LogP) is 1.97. The lowest BCUT2D eigenvalue weighted by atomic mass is 9.96. The molecule has 0 bridgehead atoms. The number of aliphatic hydroxyl groups is 1. The van der Waals surface area contributed by atoms with E-state index >= 15 is 0 Å². The number of rotatable bonds is 22. The second kappa shape index (κ2) is 23.5. The molecule has 0 aromatic carbocycles. The van der Waals surface area contributed by atoms with E-state index in [1.807, 2.05) is 0 Å². The number of hydrogen-bond acceptors (Lipinski definition) is 8. The van der Waals surface area contributed by atoms with E-state index in [1.54, 1.807) is 6.92 Å². The lowest BCUT2D eigenvalue weighted by Crippen LogP contribution is -2.42. The van der Waals surface area contributed by atoms with Crippen molar-refractivity contribution in [3.63, 3.8) is 0 Å². The highest BCUT2D eigenvalue weighted by Crippen LogP contribution is 2.15. The van der Waals surface area contributed by atoms with Gasteiger partial charge in [0, 0.05) is 13.0 Å². The standard InChI is InChI=1S/C20H40N4O3.C6H8O7/c1-3-5-6-7-8-9-10-11-12-15-18(25)24-17(19(26)27-4-2)14-13-16-23-20(21)22;7-3(8)1-6(13,5(11)12)2-4(9)10/h17H,3-16H2,1-2H3,(H,24,25)(H4,21,22,23);13H,1-2H2,(H,7,8)(H,9,10)(H,11,12)/t17-;/m0./s1. The van der Waals surface area contributed by atoms with Crippen LogP contribution in [0.3, 0.4) is 0 Å². The Morgan fingerprint density at radius 1 is 0.850 bits per heavy atom. The summed E-state index contributed by atoms with van der Waals surface area (Å²) in [6.07, 6.45) is 10.1. The molecule has 232 valence electrons. The second-order valence-electron chi connectivity index (χ2n) is 9.41. The molecule has 1 amide bonds. The predicted molar refractivity (Wildman–Crippen MR) is 147 cm³/mol. The third kappa shape index (κ3) is 22.6. The maximum Gasteiger partial charge on any atom is 0.336 e. The van der Waals surface area contributed by atoms with Crippen LogP contribution in [0.15, 0.2) is 0 Å². The molecule has 0 aliphatic carbocycles. The molecule has 0 heterocycles. The van der Waals surface area contributed by atoms with Crippen molar-refractivity contribution in [3.05, 3.63) is 0 Å². The zero-order chi connectivity index (χ0) is 31.0. The van der Waals surface area contributed by atoms with E-state index in [4.69, 9.17) is 36.3 Å². The van der Waals surface area contributed by atoms with Crippen molar-refractivity contribution in [1.29, 1.82) is 5.41 Å². The summed E-state index contributed by atoms with van der Waals surface area (Å²) in [5.41, 5.74) is 2.49. The van der Waals surface area contributed by atoms with Gasteiger partial charge >= 0.3 is 23.9 Å². The third-order valence-corrected chi connectivity index (χ3v) is 5.68. The van der Waals surface area contributed by atoms with Gasteiger partial charge < -0.3 is 41.5 Å². The molecule has 40 heavy (non-hydrogen) atoms. The number of nitrogens with two attached hydrogens (primary N) is 1. The fourth-order valence-electron chi connectivity index (χ4n) is 3.60. The third-order valence-electron chi connectivity index (χ3n) is 5.68. The average Bonchev–Trinajstić information content (AvgIpc) is 2.84. The molecule has 9 N–H and O–H groups in total. The van der Waals surface area contributed by atoms with Gasteiger partial charge in [0.15, 0.2) is 11.6 Å². The summed E-state index contributed by atoms with van der Waals surface area (Å²) in [6, 6.07) is -0.634. The summed E-state index contributed by atoms with van der Waals surface area (Å²) in [5, 5.41) is 46.4. The van der Waals surface area contributed by atoms with Gasteiger partial charge in [-0.1, -0.05) is 58.3 Å². The first-order valence-corrected chi connectivity index (χ1v) is 13.7. The molecule has 0 rings (SSSR count). The van der Waals surface area contributed by atoms with Gasteiger partial charge in [-0.05, 0) is 26.2 Å². The van der Waals surface area contributed by atoms with Crippen LogP contribution < -0.4 is 16.4 Å². The topological polar surface area (TPSA) is 249 Å². The van der Waals surface area contributed by atoms with Gasteiger partial charge in [0.05, 0.1) is 19.4 Å². The number of esters is 1. The van der Waals surface area contributed by atoms with Crippen LogP contribution >= 0.6 is 0 Å². The van der Waals surface area contributed by atoms with Gasteiger partial charge in [0.1, 0.15) is 6.04 Å². The quantitative estimate of drug-likeness (QED) is 0.0398. The van der Waals surface area contributed by atoms with Crippen LogP contribution in [0.4, 0.5) is 0 Å². The lowest BCUT2D eigenvalue weighted by Gasteiger charge is -2.18. The lowest BCUT2D eigenvalue weighted by molar-refractivity contribution is -0.170. The first-order chi connectivity index (χ1) is 18.8. The van der Waals surface area contributed by atoms with E-state index in [0.717, 1.165) is 19.3 Å². The van der Waals surface area contributed by atoms with Crippen LogP contribution in [0.25, 0.3) is 0 Å². The fraction of sp³-hybridized carbons (Fsp3) is 0.769.